The molecule has 0 spiro atoms. The van der Waals surface area contributed by atoms with Crippen LogP contribution in [0.1, 0.15) is 12.5 Å². The number of nitrogens with one attached hydrogen (secondary N) is 2. The van der Waals surface area contributed by atoms with Crippen LogP contribution in [0.2, 0.25) is 0 Å². The third-order valence-electron chi connectivity index (χ3n) is 4.49. The summed E-state index contributed by atoms with van der Waals surface area (Å²) in [6, 6.07) is 1.69. The van der Waals surface area contributed by atoms with Gasteiger partial charge in [0.25, 0.3) is 0 Å². The van der Waals surface area contributed by atoms with E-state index in [1.54, 1.807) is 25.3 Å². The number of rotatable bonds is 9. The van der Waals surface area contributed by atoms with Gasteiger partial charge in [-0.25, -0.2) is 9.78 Å². The van der Waals surface area contributed by atoms with Gasteiger partial charge in [0, 0.05) is 31.8 Å². The third kappa shape index (κ3) is 7.31. The normalized spacial score (nSPS) is 16.4. The number of carbonyl (C=O) groups is 3. The summed E-state index contributed by atoms with van der Waals surface area (Å²) in [5.74, 6) is -0.915. The van der Waals surface area contributed by atoms with Gasteiger partial charge in [-0.1, -0.05) is 0 Å². The summed E-state index contributed by atoms with van der Waals surface area (Å²) in [6.45, 7) is 4.28. The highest BCUT2D eigenvalue weighted by molar-refractivity contribution is 5.91. The number of ether oxygens (including phenoxy) is 3. The van der Waals surface area contributed by atoms with Crippen molar-refractivity contribution < 1.29 is 28.6 Å². The van der Waals surface area contributed by atoms with E-state index in [1.807, 2.05) is 4.90 Å². The highest BCUT2D eigenvalue weighted by atomic mass is 16.5. The van der Waals surface area contributed by atoms with Crippen molar-refractivity contribution in [3.05, 3.63) is 23.9 Å². The smallest absolute Gasteiger partial charge is 0.328 e. The zero-order valence-corrected chi connectivity index (χ0v) is 17.0. The highest BCUT2D eigenvalue weighted by Crippen LogP contribution is 2.11. The molecule has 160 valence electrons. The molecule has 2 atom stereocenters. The van der Waals surface area contributed by atoms with Crippen LogP contribution < -0.4 is 15.4 Å². The minimum Gasteiger partial charge on any atom is -0.481 e. The number of amides is 2. The standard InChI is InChI=1S/C19H28N4O6/c1-13(21-16(24)12-23-6-8-29-9-7-23)18(25)22-15(19(26)28-3)10-14-4-5-20-17(11-14)27-2/h4-5,11,13,15H,6-10,12H2,1-3H3,(H,21,24)(H,22,25). The Morgan fingerprint density at radius 3 is 2.62 bits per heavy atom. The molecule has 2 heterocycles. The fraction of sp³-hybridized carbons (Fsp3) is 0.579. The fourth-order valence-electron chi connectivity index (χ4n) is 2.87. The van der Waals surface area contributed by atoms with Crippen molar-refractivity contribution in [2.24, 2.45) is 0 Å². The number of methoxy groups -OCH3 is 2. The van der Waals surface area contributed by atoms with E-state index >= 15 is 0 Å². The predicted molar refractivity (Wildman–Crippen MR) is 103 cm³/mol. The van der Waals surface area contributed by atoms with Crippen LogP contribution in [0.3, 0.4) is 0 Å². The lowest BCUT2D eigenvalue weighted by atomic mass is 10.1. The molecule has 2 rings (SSSR count). The summed E-state index contributed by atoms with van der Waals surface area (Å²) in [6.07, 6.45) is 1.75. The predicted octanol–water partition coefficient (Wildman–Crippen LogP) is -0.873. The molecule has 1 aromatic rings. The first-order chi connectivity index (χ1) is 13.9. The van der Waals surface area contributed by atoms with E-state index in [-0.39, 0.29) is 18.9 Å². The minimum atomic E-state index is -0.904. The Morgan fingerprint density at radius 2 is 1.97 bits per heavy atom. The third-order valence-corrected chi connectivity index (χ3v) is 4.49. The molecule has 2 N–H and O–H groups in total. The van der Waals surface area contributed by atoms with E-state index in [0.717, 1.165) is 5.56 Å². The zero-order chi connectivity index (χ0) is 21.2. The van der Waals surface area contributed by atoms with Gasteiger partial charge < -0.3 is 24.8 Å². The number of hydrogen-bond donors (Lipinski definition) is 2. The van der Waals surface area contributed by atoms with Crippen molar-refractivity contribution in [3.8, 4) is 5.88 Å². The van der Waals surface area contributed by atoms with Gasteiger partial charge in [-0.2, -0.15) is 0 Å². The highest BCUT2D eigenvalue weighted by Gasteiger charge is 2.26. The number of nitrogens with zero attached hydrogens (tertiary/aromatic N) is 2. The molecule has 29 heavy (non-hydrogen) atoms. The molecule has 2 amide bonds. The molecule has 1 aromatic heterocycles. The first kappa shape index (κ1) is 22.6. The van der Waals surface area contributed by atoms with Gasteiger partial charge >= 0.3 is 5.97 Å². The SMILES string of the molecule is COC(=O)C(Cc1ccnc(OC)c1)NC(=O)C(C)NC(=O)CN1CCOCC1. The molecule has 2 unspecified atom stereocenters. The minimum absolute atomic E-state index is 0.193. The number of aromatic nitrogens is 1. The van der Waals surface area contributed by atoms with Gasteiger partial charge in [-0.3, -0.25) is 14.5 Å². The zero-order valence-electron chi connectivity index (χ0n) is 17.0. The Labute approximate surface area is 169 Å². The first-order valence-corrected chi connectivity index (χ1v) is 9.39. The Kier molecular flexibility index (Phi) is 8.81. The maximum Gasteiger partial charge on any atom is 0.328 e. The van der Waals surface area contributed by atoms with E-state index in [0.29, 0.717) is 32.2 Å². The summed E-state index contributed by atoms with van der Waals surface area (Å²) < 4.78 is 15.1. The quantitative estimate of drug-likeness (QED) is 0.506. The summed E-state index contributed by atoms with van der Waals surface area (Å²) in [4.78, 5) is 42.8. The molecule has 1 saturated heterocycles. The Bertz CT molecular complexity index is 708. The molecule has 10 heteroatoms. The first-order valence-electron chi connectivity index (χ1n) is 9.39. The molecule has 1 fully saturated rings. The average molecular weight is 408 g/mol. The molecule has 0 aromatic carbocycles. The van der Waals surface area contributed by atoms with Crippen molar-refractivity contribution in [1.29, 1.82) is 0 Å². The van der Waals surface area contributed by atoms with Crippen LogP contribution >= 0.6 is 0 Å². The van der Waals surface area contributed by atoms with Gasteiger partial charge in [0.2, 0.25) is 17.7 Å². The molecule has 1 aliphatic heterocycles. The van der Waals surface area contributed by atoms with Gasteiger partial charge in [-0.05, 0) is 18.6 Å². The van der Waals surface area contributed by atoms with Crippen LogP contribution in [0.5, 0.6) is 5.88 Å². The van der Waals surface area contributed by atoms with Gasteiger partial charge in [-0.15, -0.1) is 0 Å². The molecular formula is C19H28N4O6. The van der Waals surface area contributed by atoms with Crippen molar-refractivity contribution in [1.82, 2.24) is 20.5 Å². The average Bonchev–Trinajstić information content (AvgIpc) is 2.73. The number of esters is 1. The maximum absolute atomic E-state index is 12.5. The largest absolute Gasteiger partial charge is 0.481 e. The molecule has 0 saturated carbocycles. The summed E-state index contributed by atoms with van der Waals surface area (Å²) in [5.41, 5.74) is 0.747. The van der Waals surface area contributed by atoms with Crippen LogP contribution in [-0.2, 0) is 30.3 Å². The van der Waals surface area contributed by atoms with E-state index in [4.69, 9.17) is 14.2 Å². The van der Waals surface area contributed by atoms with Crippen LogP contribution in [0.25, 0.3) is 0 Å². The fourth-order valence-corrected chi connectivity index (χ4v) is 2.87. The van der Waals surface area contributed by atoms with Crippen LogP contribution in [0.15, 0.2) is 18.3 Å². The lowest BCUT2D eigenvalue weighted by Crippen LogP contribution is -2.53. The second-order valence-electron chi connectivity index (χ2n) is 6.67. The second kappa shape index (κ2) is 11.3. The lowest BCUT2D eigenvalue weighted by molar-refractivity contribution is -0.145. The van der Waals surface area contributed by atoms with Gasteiger partial charge in [0.05, 0.1) is 34.0 Å². The Balaban J connectivity index is 1.91. The lowest BCUT2D eigenvalue weighted by Gasteiger charge is -2.26. The van der Waals surface area contributed by atoms with E-state index in [1.165, 1.54) is 14.2 Å². The molecule has 10 nitrogen and oxygen atoms in total. The van der Waals surface area contributed by atoms with Crippen LogP contribution in [0.4, 0.5) is 0 Å². The van der Waals surface area contributed by atoms with Crippen molar-refractivity contribution >= 4 is 17.8 Å². The van der Waals surface area contributed by atoms with Crippen molar-refractivity contribution in [3.63, 3.8) is 0 Å². The van der Waals surface area contributed by atoms with E-state index < -0.39 is 24.0 Å². The van der Waals surface area contributed by atoms with Crippen LogP contribution in [0, 0.1) is 0 Å². The Morgan fingerprint density at radius 1 is 1.24 bits per heavy atom. The topological polar surface area (TPSA) is 119 Å². The molecule has 0 radical (unpaired) electrons. The monoisotopic (exact) mass is 408 g/mol. The van der Waals surface area contributed by atoms with Gasteiger partial charge in [0.1, 0.15) is 12.1 Å². The maximum atomic E-state index is 12.5. The molecular weight excluding hydrogens is 380 g/mol. The molecule has 0 aliphatic carbocycles. The number of carbonyl (C=O) groups excluding carboxylic acids is 3. The Hall–Kier alpha value is -2.72. The van der Waals surface area contributed by atoms with Crippen molar-refractivity contribution in [2.45, 2.75) is 25.4 Å². The van der Waals surface area contributed by atoms with E-state index in [9.17, 15) is 14.4 Å². The number of morpholine rings is 1. The van der Waals surface area contributed by atoms with E-state index in [2.05, 4.69) is 15.6 Å². The summed E-state index contributed by atoms with van der Waals surface area (Å²) in [7, 11) is 2.75. The van der Waals surface area contributed by atoms with Crippen molar-refractivity contribution in [2.75, 3.05) is 47.1 Å². The molecule has 1 aliphatic rings. The number of pyridine rings is 1. The van der Waals surface area contributed by atoms with Gasteiger partial charge in [0.15, 0.2) is 0 Å². The second-order valence-corrected chi connectivity index (χ2v) is 6.67. The van der Waals surface area contributed by atoms with Crippen LogP contribution in [-0.4, -0.2) is 86.8 Å². The summed E-state index contributed by atoms with van der Waals surface area (Å²) >= 11 is 0. The summed E-state index contributed by atoms with van der Waals surface area (Å²) in [5, 5.41) is 5.30. The number of hydrogen-bond acceptors (Lipinski definition) is 8. The molecule has 0 bridgehead atoms.